The highest BCUT2D eigenvalue weighted by Gasteiger charge is 2.17. The number of nitro benzene ring substituents is 1. The van der Waals surface area contributed by atoms with E-state index in [0.717, 1.165) is 0 Å². The minimum absolute atomic E-state index is 0.0828. The number of hydrazone groups is 1. The van der Waals surface area contributed by atoms with Crippen LogP contribution in [0.4, 0.5) is 5.69 Å². The molecule has 2 amide bonds. The zero-order chi connectivity index (χ0) is 25.5. The van der Waals surface area contributed by atoms with E-state index >= 15 is 0 Å². The van der Waals surface area contributed by atoms with Crippen molar-refractivity contribution in [2.75, 3.05) is 13.9 Å². The summed E-state index contributed by atoms with van der Waals surface area (Å²) in [5, 5.41) is 17.7. The molecule has 0 fully saturated rings. The number of nitrogens with zero attached hydrogens (tertiary/aromatic N) is 2. The summed E-state index contributed by atoms with van der Waals surface area (Å²) in [6, 6.07) is 17.7. The number of benzene rings is 3. The Bertz CT molecular complexity index is 1370. The number of nitro groups is 1. The van der Waals surface area contributed by atoms with Gasteiger partial charge in [0.05, 0.1) is 18.2 Å². The third kappa shape index (κ3) is 5.65. The van der Waals surface area contributed by atoms with Gasteiger partial charge in [0.1, 0.15) is 5.70 Å². The summed E-state index contributed by atoms with van der Waals surface area (Å²) < 4.78 is 15.6. The average Bonchev–Trinajstić information content (AvgIpc) is 3.36. The fraction of sp³-hybridized carbons (Fsp3) is 0.0800. The third-order valence-electron chi connectivity index (χ3n) is 5.02. The monoisotopic (exact) mass is 488 g/mol. The highest BCUT2D eigenvalue weighted by Crippen LogP contribution is 2.33. The van der Waals surface area contributed by atoms with Crippen LogP contribution in [0, 0.1) is 10.1 Å². The molecule has 0 unspecified atom stereocenters. The number of fused-ring (bicyclic) bond motifs is 1. The summed E-state index contributed by atoms with van der Waals surface area (Å²) >= 11 is 0. The molecular formula is C25H20N4O7. The van der Waals surface area contributed by atoms with E-state index in [1.807, 2.05) is 0 Å². The molecule has 0 saturated heterocycles. The van der Waals surface area contributed by atoms with E-state index in [9.17, 15) is 19.7 Å². The second-order valence-corrected chi connectivity index (χ2v) is 7.38. The molecule has 0 aliphatic carbocycles. The molecule has 3 aromatic carbocycles. The van der Waals surface area contributed by atoms with Gasteiger partial charge < -0.3 is 19.5 Å². The second-order valence-electron chi connectivity index (χ2n) is 7.38. The Morgan fingerprint density at radius 2 is 1.78 bits per heavy atom. The zero-order valence-electron chi connectivity index (χ0n) is 19.0. The Balaban J connectivity index is 1.56. The van der Waals surface area contributed by atoms with Gasteiger partial charge in [-0.05, 0) is 48.0 Å². The average molecular weight is 488 g/mol. The molecular weight excluding hydrogens is 468 g/mol. The molecule has 0 radical (unpaired) electrons. The molecule has 0 spiro atoms. The molecule has 182 valence electrons. The van der Waals surface area contributed by atoms with Gasteiger partial charge in [-0.1, -0.05) is 24.3 Å². The van der Waals surface area contributed by atoms with Gasteiger partial charge in [0.15, 0.2) is 17.2 Å². The Morgan fingerprint density at radius 1 is 1.03 bits per heavy atom. The van der Waals surface area contributed by atoms with Crippen molar-refractivity contribution in [3.8, 4) is 17.2 Å². The quantitative estimate of drug-likeness (QED) is 0.215. The number of amides is 2. The standard InChI is InChI=1S/C25H20N4O7/c1-34-21-9-8-17(12-20(21)29(32)33)14-26-28-25(31)19(27-24(30)18-5-3-2-4-6-18)11-16-7-10-22-23(13-16)36-15-35-22/h2-14H,15H2,1H3,(H,27,30)(H,28,31)/b19-11+,26-14-. The van der Waals surface area contributed by atoms with Gasteiger partial charge in [-0.2, -0.15) is 5.10 Å². The van der Waals surface area contributed by atoms with Crippen LogP contribution in [0.15, 0.2) is 77.5 Å². The van der Waals surface area contributed by atoms with Gasteiger partial charge in [-0.25, -0.2) is 5.43 Å². The Kier molecular flexibility index (Phi) is 7.20. The van der Waals surface area contributed by atoms with Gasteiger partial charge in [0, 0.05) is 17.2 Å². The van der Waals surface area contributed by atoms with Crippen molar-refractivity contribution >= 4 is 29.8 Å². The van der Waals surface area contributed by atoms with E-state index in [2.05, 4.69) is 15.8 Å². The largest absolute Gasteiger partial charge is 0.490 e. The summed E-state index contributed by atoms with van der Waals surface area (Å²) in [6.45, 7) is 0.0961. The zero-order valence-corrected chi connectivity index (χ0v) is 19.0. The van der Waals surface area contributed by atoms with Crippen LogP contribution >= 0.6 is 0 Å². The van der Waals surface area contributed by atoms with Gasteiger partial charge >= 0.3 is 5.69 Å². The van der Waals surface area contributed by atoms with Crippen LogP contribution in [0.3, 0.4) is 0 Å². The predicted octanol–water partition coefficient (Wildman–Crippen LogP) is 3.25. The summed E-state index contributed by atoms with van der Waals surface area (Å²) in [4.78, 5) is 36.3. The van der Waals surface area contributed by atoms with Crippen molar-refractivity contribution in [1.29, 1.82) is 0 Å². The maximum Gasteiger partial charge on any atom is 0.311 e. The first kappa shape index (κ1) is 24.0. The second kappa shape index (κ2) is 10.8. The Morgan fingerprint density at radius 3 is 2.53 bits per heavy atom. The molecule has 36 heavy (non-hydrogen) atoms. The van der Waals surface area contributed by atoms with Crippen LogP contribution in [0.2, 0.25) is 0 Å². The van der Waals surface area contributed by atoms with Crippen LogP contribution < -0.4 is 25.0 Å². The molecule has 3 aromatic rings. The normalized spacial score (nSPS) is 12.3. The van der Waals surface area contributed by atoms with E-state index in [-0.39, 0.29) is 23.9 Å². The van der Waals surface area contributed by atoms with Crippen molar-refractivity contribution in [1.82, 2.24) is 10.7 Å². The highest BCUT2D eigenvalue weighted by molar-refractivity contribution is 6.05. The van der Waals surface area contributed by atoms with E-state index < -0.39 is 16.7 Å². The number of hydrogen-bond acceptors (Lipinski definition) is 8. The number of nitrogens with one attached hydrogen (secondary N) is 2. The molecule has 1 aliphatic rings. The first-order valence-corrected chi connectivity index (χ1v) is 10.6. The maximum absolute atomic E-state index is 12.9. The van der Waals surface area contributed by atoms with Crippen LogP contribution in [-0.4, -0.2) is 36.9 Å². The lowest BCUT2D eigenvalue weighted by Gasteiger charge is -2.09. The fourth-order valence-corrected chi connectivity index (χ4v) is 3.27. The Hall–Kier alpha value is -5.19. The summed E-state index contributed by atoms with van der Waals surface area (Å²) in [6.07, 6.45) is 2.70. The first-order chi connectivity index (χ1) is 17.4. The van der Waals surface area contributed by atoms with Gasteiger partial charge in [0.25, 0.3) is 11.8 Å². The van der Waals surface area contributed by atoms with Gasteiger partial charge in [0.2, 0.25) is 6.79 Å². The lowest BCUT2D eigenvalue weighted by molar-refractivity contribution is -0.385. The van der Waals surface area contributed by atoms with Crippen molar-refractivity contribution in [3.05, 3.63) is 99.2 Å². The van der Waals surface area contributed by atoms with Crippen molar-refractivity contribution in [2.24, 2.45) is 5.10 Å². The van der Waals surface area contributed by atoms with Crippen LogP contribution in [0.1, 0.15) is 21.5 Å². The molecule has 0 bridgehead atoms. The minimum atomic E-state index is -0.712. The van der Waals surface area contributed by atoms with E-state index in [4.69, 9.17) is 14.2 Å². The Labute approximate surface area is 205 Å². The van der Waals surface area contributed by atoms with Crippen molar-refractivity contribution < 1.29 is 28.7 Å². The molecule has 11 nitrogen and oxygen atoms in total. The number of carbonyl (C=O) groups excluding carboxylic acids is 2. The lowest BCUT2D eigenvalue weighted by Crippen LogP contribution is -2.32. The predicted molar refractivity (Wildman–Crippen MR) is 130 cm³/mol. The number of hydrogen-bond donors (Lipinski definition) is 2. The summed E-state index contributed by atoms with van der Waals surface area (Å²) in [7, 11) is 1.33. The van der Waals surface area contributed by atoms with E-state index in [1.54, 1.807) is 54.6 Å². The maximum atomic E-state index is 12.9. The molecule has 1 heterocycles. The molecule has 0 saturated carbocycles. The first-order valence-electron chi connectivity index (χ1n) is 10.6. The fourth-order valence-electron chi connectivity index (χ4n) is 3.27. The van der Waals surface area contributed by atoms with Crippen molar-refractivity contribution in [3.63, 3.8) is 0 Å². The summed E-state index contributed by atoms with van der Waals surface area (Å²) in [5.74, 6) is -0.0239. The number of methoxy groups -OCH3 is 1. The minimum Gasteiger partial charge on any atom is -0.490 e. The van der Waals surface area contributed by atoms with E-state index in [1.165, 1.54) is 31.5 Å². The molecule has 4 rings (SSSR count). The van der Waals surface area contributed by atoms with Gasteiger partial charge in [-0.15, -0.1) is 0 Å². The third-order valence-corrected chi connectivity index (χ3v) is 5.02. The highest BCUT2D eigenvalue weighted by atomic mass is 16.7. The topological polar surface area (TPSA) is 141 Å². The molecule has 0 aromatic heterocycles. The van der Waals surface area contributed by atoms with E-state index in [0.29, 0.717) is 28.2 Å². The number of carbonyl (C=O) groups is 2. The van der Waals surface area contributed by atoms with Crippen LogP contribution in [0.5, 0.6) is 17.2 Å². The molecule has 2 N–H and O–H groups in total. The van der Waals surface area contributed by atoms with Crippen LogP contribution in [0.25, 0.3) is 6.08 Å². The number of ether oxygens (including phenoxy) is 3. The smallest absolute Gasteiger partial charge is 0.311 e. The molecule has 1 aliphatic heterocycles. The summed E-state index contributed by atoms with van der Waals surface area (Å²) in [5.41, 5.74) is 3.29. The van der Waals surface area contributed by atoms with Crippen molar-refractivity contribution in [2.45, 2.75) is 0 Å². The van der Waals surface area contributed by atoms with Gasteiger partial charge in [-0.3, -0.25) is 19.7 Å². The molecule has 0 atom stereocenters. The number of rotatable bonds is 8. The molecule has 11 heteroatoms. The lowest BCUT2D eigenvalue weighted by atomic mass is 10.1. The van der Waals surface area contributed by atoms with Crippen LogP contribution in [-0.2, 0) is 4.79 Å². The SMILES string of the molecule is COc1ccc(/C=N\NC(=O)/C(=C\c2ccc3c(c2)OCO3)NC(=O)c2ccccc2)cc1[N+](=O)[O-].